The summed E-state index contributed by atoms with van der Waals surface area (Å²) in [6, 6.07) is 5.54. The van der Waals surface area contributed by atoms with Gasteiger partial charge in [0.25, 0.3) is 5.89 Å². The van der Waals surface area contributed by atoms with E-state index in [0.29, 0.717) is 11.7 Å². The van der Waals surface area contributed by atoms with Gasteiger partial charge in [0.2, 0.25) is 0 Å². The van der Waals surface area contributed by atoms with E-state index in [1.54, 1.807) is 10.7 Å². The Hall–Kier alpha value is -2.21. The van der Waals surface area contributed by atoms with Crippen LogP contribution in [0.15, 0.2) is 35.1 Å². The fraction of sp³-hybridized carbons (Fsp3) is 0.182. The molecule has 0 saturated heterocycles. The summed E-state index contributed by atoms with van der Waals surface area (Å²) in [5.74, 6) is 0.939. The van der Waals surface area contributed by atoms with Gasteiger partial charge in [-0.3, -0.25) is 0 Å². The molecule has 0 radical (unpaired) electrons. The van der Waals surface area contributed by atoms with Crippen molar-refractivity contribution in [3.05, 3.63) is 36.4 Å². The zero-order chi connectivity index (χ0) is 11.8. The van der Waals surface area contributed by atoms with Gasteiger partial charge in [-0.2, -0.15) is 10.1 Å². The number of nitrogens with zero attached hydrogens (tertiary/aromatic N) is 4. The number of hydrogen-bond donors (Lipinski definition) is 1. The summed E-state index contributed by atoms with van der Waals surface area (Å²) in [6.07, 6.45) is 3.56. The summed E-state index contributed by atoms with van der Waals surface area (Å²) in [4.78, 5) is 4.25. The molecule has 0 amide bonds. The molecule has 3 aromatic heterocycles. The lowest BCUT2D eigenvalue weighted by atomic mass is 10.2. The van der Waals surface area contributed by atoms with Crippen molar-refractivity contribution in [2.24, 2.45) is 5.73 Å². The van der Waals surface area contributed by atoms with Gasteiger partial charge in [0.15, 0.2) is 5.82 Å². The Morgan fingerprint density at radius 3 is 3.06 bits per heavy atom. The van der Waals surface area contributed by atoms with Gasteiger partial charge in [-0.25, -0.2) is 4.52 Å². The maximum absolute atomic E-state index is 5.69. The van der Waals surface area contributed by atoms with Gasteiger partial charge in [-0.1, -0.05) is 11.2 Å². The molecule has 6 nitrogen and oxygen atoms in total. The van der Waals surface area contributed by atoms with E-state index in [1.165, 1.54) is 0 Å². The number of aromatic nitrogens is 4. The molecule has 17 heavy (non-hydrogen) atoms. The second-order valence-electron chi connectivity index (χ2n) is 3.84. The third-order valence-electron chi connectivity index (χ3n) is 2.51. The number of fused-ring (bicyclic) bond motifs is 1. The Labute approximate surface area is 97.0 Å². The normalized spacial score (nSPS) is 13.1. The van der Waals surface area contributed by atoms with Crippen LogP contribution < -0.4 is 5.73 Å². The van der Waals surface area contributed by atoms with Crippen molar-refractivity contribution in [1.82, 2.24) is 19.8 Å². The van der Waals surface area contributed by atoms with Crippen molar-refractivity contribution in [2.75, 3.05) is 0 Å². The number of hydrogen-bond acceptors (Lipinski definition) is 5. The highest BCUT2D eigenvalue weighted by atomic mass is 16.5. The lowest BCUT2D eigenvalue weighted by Crippen LogP contribution is -2.06. The van der Waals surface area contributed by atoms with E-state index < -0.39 is 0 Å². The molecule has 3 rings (SSSR count). The highest BCUT2D eigenvalue weighted by Gasteiger charge is 2.15. The molecular weight excluding hydrogens is 218 g/mol. The summed E-state index contributed by atoms with van der Waals surface area (Å²) in [5, 5.41) is 8.04. The van der Waals surface area contributed by atoms with Gasteiger partial charge in [0, 0.05) is 6.20 Å². The molecule has 6 heteroatoms. The first-order chi connectivity index (χ1) is 8.25. The fourth-order valence-corrected chi connectivity index (χ4v) is 1.63. The highest BCUT2D eigenvalue weighted by Crippen LogP contribution is 2.23. The Morgan fingerprint density at radius 1 is 1.41 bits per heavy atom. The number of pyridine rings is 1. The minimum absolute atomic E-state index is 0.241. The van der Waals surface area contributed by atoms with Crippen LogP contribution in [-0.4, -0.2) is 19.8 Å². The molecule has 0 bridgehead atoms. The minimum atomic E-state index is -0.241. The van der Waals surface area contributed by atoms with Gasteiger partial charge in [-0.05, 0) is 19.1 Å². The van der Waals surface area contributed by atoms with Gasteiger partial charge in [0.1, 0.15) is 0 Å². The second kappa shape index (κ2) is 3.67. The highest BCUT2D eigenvalue weighted by molar-refractivity contribution is 5.74. The predicted molar refractivity (Wildman–Crippen MR) is 61.1 cm³/mol. The zero-order valence-corrected chi connectivity index (χ0v) is 9.24. The summed E-state index contributed by atoms with van der Waals surface area (Å²) < 4.78 is 6.94. The van der Waals surface area contributed by atoms with Gasteiger partial charge >= 0.3 is 0 Å². The van der Waals surface area contributed by atoms with Crippen molar-refractivity contribution in [3.63, 3.8) is 0 Å². The molecule has 0 aliphatic heterocycles. The van der Waals surface area contributed by atoms with E-state index in [1.807, 2.05) is 31.3 Å². The summed E-state index contributed by atoms with van der Waals surface area (Å²) in [7, 11) is 0. The second-order valence-corrected chi connectivity index (χ2v) is 3.84. The van der Waals surface area contributed by atoms with Crippen LogP contribution in [0.3, 0.4) is 0 Å². The lowest BCUT2D eigenvalue weighted by molar-refractivity contribution is 0.418. The van der Waals surface area contributed by atoms with Crippen LogP contribution in [0.5, 0.6) is 0 Å². The Kier molecular flexibility index (Phi) is 2.15. The van der Waals surface area contributed by atoms with E-state index in [4.69, 9.17) is 10.3 Å². The molecule has 86 valence electrons. The molecule has 0 spiro atoms. The third-order valence-corrected chi connectivity index (χ3v) is 2.51. The van der Waals surface area contributed by atoms with Crippen molar-refractivity contribution >= 4 is 5.52 Å². The molecule has 3 heterocycles. The Bertz CT molecular complexity index is 654. The standard InChI is InChI=1S/C11H11N5O/c1-7(12)10-14-11(17-15-10)8-6-13-16-5-3-2-4-9(8)16/h2-7H,12H2,1H3. The maximum atomic E-state index is 5.69. The van der Waals surface area contributed by atoms with Crippen molar-refractivity contribution in [3.8, 4) is 11.5 Å². The third kappa shape index (κ3) is 1.58. The molecular formula is C11H11N5O. The molecule has 2 N–H and O–H groups in total. The first kappa shape index (κ1) is 9.98. The lowest BCUT2D eigenvalue weighted by Gasteiger charge is -1.93. The van der Waals surface area contributed by atoms with E-state index >= 15 is 0 Å². The van der Waals surface area contributed by atoms with Crippen LogP contribution in [0.2, 0.25) is 0 Å². The van der Waals surface area contributed by atoms with E-state index in [2.05, 4.69) is 15.2 Å². The smallest absolute Gasteiger partial charge is 0.261 e. The quantitative estimate of drug-likeness (QED) is 0.718. The molecule has 0 aliphatic rings. The average molecular weight is 229 g/mol. The molecule has 0 saturated carbocycles. The van der Waals surface area contributed by atoms with Crippen molar-refractivity contribution in [2.45, 2.75) is 13.0 Å². The largest absolute Gasteiger partial charge is 0.334 e. The van der Waals surface area contributed by atoms with Crippen LogP contribution in [0, 0.1) is 0 Å². The molecule has 0 fully saturated rings. The summed E-state index contributed by atoms with van der Waals surface area (Å²) in [6.45, 7) is 1.81. The van der Waals surface area contributed by atoms with Crippen molar-refractivity contribution in [1.29, 1.82) is 0 Å². The van der Waals surface area contributed by atoms with Crippen molar-refractivity contribution < 1.29 is 4.52 Å². The monoisotopic (exact) mass is 229 g/mol. The Balaban J connectivity index is 2.14. The van der Waals surface area contributed by atoms with Gasteiger partial charge in [-0.15, -0.1) is 0 Å². The average Bonchev–Trinajstić information content (AvgIpc) is 2.95. The van der Waals surface area contributed by atoms with Gasteiger partial charge in [0.05, 0.1) is 23.3 Å². The van der Waals surface area contributed by atoms with Crippen LogP contribution in [-0.2, 0) is 0 Å². The van der Waals surface area contributed by atoms with E-state index in [0.717, 1.165) is 11.1 Å². The molecule has 1 unspecified atom stereocenters. The zero-order valence-electron chi connectivity index (χ0n) is 9.24. The van der Waals surface area contributed by atoms with Gasteiger partial charge < -0.3 is 10.3 Å². The minimum Gasteiger partial charge on any atom is -0.334 e. The van der Waals surface area contributed by atoms with Crippen LogP contribution >= 0.6 is 0 Å². The molecule has 0 aromatic carbocycles. The molecule has 3 aromatic rings. The fourth-order valence-electron chi connectivity index (χ4n) is 1.63. The number of rotatable bonds is 2. The first-order valence-corrected chi connectivity index (χ1v) is 5.27. The van der Waals surface area contributed by atoms with E-state index in [9.17, 15) is 0 Å². The molecule has 0 aliphatic carbocycles. The first-order valence-electron chi connectivity index (χ1n) is 5.27. The SMILES string of the molecule is CC(N)c1noc(-c2cnn3ccccc23)n1. The molecule has 1 atom stereocenters. The Morgan fingerprint density at radius 2 is 2.29 bits per heavy atom. The van der Waals surface area contributed by atoms with Crippen LogP contribution in [0.1, 0.15) is 18.8 Å². The maximum Gasteiger partial charge on any atom is 0.261 e. The topological polar surface area (TPSA) is 82.2 Å². The number of nitrogens with two attached hydrogens (primary N) is 1. The van der Waals surface area contributed by atoms with Crippen LogP contribution in [0.4, 0.5) is 0 Å². The van der Waals surface area contributed by atoms with Crippen LogP contribution in [0.25, 0.3) is 17.0 Å². The summed E-state index contributed by atoms with van der Waals surface area (Å²) in [5.41, 5.74) is 7.42. The predicted octanol–water partition coefficient (Wildman–Crippen LogP) is 1.40. The van der Waals surface area contributed by atoms with E-state index in [-0.39, 0.29) is 6.04 Å². The summed E-state index contributed by atoms with van der Waals surface area (Å²) >= 11 is 0.